The third-order valence-corrected chi connectivity index (χ3v) is 5.13. The number of methoxy groups -OCH3 is 1. The largest absolute Gasteiger partial charge is 0.497 e. The Morgan fingerprint density at radius 3 is 2.41 bits per heavy atom. The van der Waals surface area contributed by atoms with Crippen molar-refractivity contribution < 1.29 is 9.84 Å². The van der Waals surface area contributed by atoms with Gasteiger partial charge in [-0.3, -0.25) is 0 Å². The lowest BCUT2D eigenvalue weighted by Gasteiger charge is -2.23. The van der Waals surface area contributed by atoms with Gasteiger partial charge in [-0.2, -0.15) is 0 Å². The normalized spacial score (nSPS) is 12.5. The van der Waals surface area contributed by atoms with Gasteiger partial charge in [-0.15, -0.1) is 0 Å². The van der Waals surface area contributed by atoms with Crippen LogP contribution in [0.5, 0.6) is 5.75 Å². The first kappa shape index (κ1) is 19.6. The van der Waals surface area contributed by atoms with E-state index in [2.05, 4.69) is 18.7 Å². The smallest absolute Gasteiger partial charge is 0.121 e. The summed E-state index contributed by atoms with van der Waals surface area (Å²) in [5.74, 6) is 0.743. The fraction of sp³-hybridized carbons (Fsp3) is 0.318. The van der Waals surface area contributed by atoms with E-state index in [9.17, 15) is 5.11 Å². The van der Waals surface area contributed by atoms with Crippen molar-refractivity contribution in [2.75, 3.05) is 26.7 Å². The Labute approximate surface area is 165 Å². The first-order valence-corrected chi connectivity index (χ1v) is 9.58. The summed E-state index contributed by atoms with van der Waals surface area (Å²) in [6, 6.07) is 15.3. The molecular formula is C22H25ClN2O2. The second-order valence-electron chi connectivity index (χ2n) is 6.49. The lowest BCUT2D eigenvalue weighted by atomic mass is 9.99. The van der Waals surface area contributed by atoms with Crippen molar-refractivity contribution in [3.63, 3.8) is 0 Å². The summed E-state index contributed by atoms with van der Waals surface area (Å²) in [6.07, 6.45) is -0.602. The number of aromatic nitrogens is 1. The van der Waals surface area contributed by atoms with E-state index in [1.165, 1.54) is 0 Å². The van der Waals surface area contributed by atoms with Crippen molar-refractivity contribution in [1.82, 2.24) is 9.88 Å². The molecule has 0 saturated carbocycles. The van der Waals surface area contributed by atoms with E-state index < -0.39 is 6.10 Å². The lowest BCUT2D eigenvalue weighted by Crippen LogP contribution is -2.28. The maximum absolute atomic E-state index is 11.0. The molecular weight excluding hydrogens is 360 g/mol. The van der Waals surface area contributed by atoms with Gasteiger partial charge in [0.25, 0.3) is 0 Å². The monoisotopic (exact) mass is 384 g/mol. The number of halogens is 1. The summed E-state index contributed by atoms with van der Waals surface area (Å²) >= 11 is 6.02. The average molecular weight is 385 g/mol. The fourth-order valence-electron chi connectivity index (χ4n) is 3.23. The Balaban J connectivity index is 2.13. The molecule has 0 fully saturated rings. The molecule has 27 heavy (non-hydrogen) atoms. The number of benzene rings is 2. The van der Waals surface area contributed by atoms with Gasteiger partial charge in [-0.25, -0.2) is 4.98 Å². The maximum Gasteiger partial charge on any atom is 0.121 e. The predicted octanol–water partition coefficient (Wildman–Crippen LogP) is 4.94. The number of fused-ring (bicyclic) bond motifs is 1. The summed E-state index contributed by atoms with van der Waals surface area (Å²) < 4.78 is 5.36. The zero-order valence-corrected chi connectivity index (χ0v) is 16.7. The number of hydrogen-bond donors (Lipinski definition) is 1. The summed E-state index contributed by atoms with van der Waals surface area (Å²) in [5.41, 5.74) is 3.44. The van der Waals surface area contributed by atoms with E-state index in [1.807, 2.05) is 48.5 Å². The minimum Gasteiger partial charge on any atom is -0.497 e. The molecule has 0 amide bonds. The Morgan fingerprint density at radius 1 is 1.07 bits per heavy atom. The van der Waals surface area contributed by atoms with Gasteiger partial charge in [0.05, 0.1) is 24.4 Å². The summed E-state index contributed by atoms with van der Waals surface area (Å²) in [5, 5.41) is 12.6. The Kier molecular flexibility index (Phi) is 6.32. The van der Waals surface area contributed by atoms with E-state index in [0.29, 0.717) is 11.6 Å². The number of nitrogens with zero attached hydrogens (tertiary/aromatic N) is 2. The molecule has 0 spiro atoms. The van der Waals surface area contributed by atoms with Gasteiger partial charge in [0.1, 0.15) is 5.75 Å². The predicted molar refractivity (Wildman–Crippen MR) is 111 cm³/mol. The van der Waals surface area contributed by atoms with Gasteiger partial charge in [-0.1, -0.05) is 37.6 Å². The van der Waals surface area contributed by atoms with E-state index >= 15 is 0 Å². The third-order valence-electron chi connectivity index (χ3n) is 4.87. The molecule has 4 nitrogen and oxygen atoms in total. The average Bonchev–Trinajstić information content (AvgIpc) is 2.71. The van der Waals surface area contributed by atoms with Gasteiger partial charge < -0.3 is 14.7 Å². The molecule has 2 aromatic carbocycles. The molecule has 1 aromatic heterocycles. The van der Waals surface area contributed by atoms with E-state index in [-0.39, 0.29) is 0 Å². The molecule has 0 aliphatic heterocycles. The number of ether oxygens (including phenoxy) is 1. The molecule has 0 bridgehead atoms. The molecule has 1 heterocycles. The Morgan fingerprint density at radius 2 is 1.78 bits per heavy atom. The van der Waals surface area contributed by atoms with Gasteiger partial charge in [0.15, 0.2) is 0 Å². The van der Waals surface area contributed by atoms with Crippen molar-refractivity contribution in [1.29, 1.82) is 0 Å². The van der Waals surface area contributed by atoms with Gasteiger partial charge in [-0.05, 0) is 49.0 Å². The highest BCUT2D eigenvalue weighted by atomic mass is 35.5. The zero-order chi connectivity index (χ0) is 19.4. The number of hydrogen-bond acceptors (Lipinski definition) is 4. The molecule has 3 aromatic rings. The van der Waals surface area contributed by atoms with Crippen LogP contribution in [0.15, 0.2) is 48.5 Å². The van der Waals surface area contributed by atoms with Crippen LogP contribution in [0.25, 0.3) is 22.2 Å². The van der Waals surface area contributed by atoms with Crippen molar-refractivity contribution in [3.8, 4) is 17.0 Å². The molecule has 0 unspecified atom stereocenters. The van der Waals surface area contributed by atoms with E-state index in [0.717, 1.165) is 46.6 Å². The molecule has 0 aliphatic carbocycles. The van der Waals surface area contributed by atoms with Crippen LogP contribution in [0.4, 0.5) is 0 Å². The van der Waals surface area contributed by atoms with Crippen LogP contribution >= 0.6 is 11.6 Å². The SMILES string of the molecule is CCN(CC)C[C@@H](O)c1cc(-c2ccc(Cl)cc2)nc2cc(OC)ccc12. The number of likely N-dealkylation sites (N-methyl/N-ethyl adjacent to an activating group) is 1. The second kappa shape index (κ2) is 8.70. The standard InChI is InChI=1S/C22H25ClN2O2/c1-4-25(5-2)14-22(26)19-13-20(15-6-8-16(23)9-7-15)24-21-12-17(27-3)10-11-18(19)21/h6-13,22,26H,4-5,14H2,1-3H3/t22-/m1/s1. The highest BCUT2D eigenvalue weighted by Gasteiger charge is 2.17. The number of pyridine rings is 1. The molecule has 0 saturated heterocycles. The fourth-order valence-corrected chi connectivity index (χ4v) is 3.36. The summed E-state index contributed by atoms with van der Waals surface area (Å²) in [7, 11) is 1.64. The molecule has 0 radical (unpaired) electrons. The maximum atomic E-state index is 11.0. The first-order valence-electron chi connectivity index (χ1n) is 9.20. The van der Waals surface area contributed by atoms with Crippen LogP contribution < -0.4 is 4.74 Å². The number of aliphatic hydroxyl groups is 1. The van der Waals surface area contributed by atoms with Gasteiger partial charge in [0, 0.05) is 28.6 Å². The Bertz CT molecular complexity index is 908. The first-order chi connectivity index (χ1) is 13.0. The molecule has 3 rings (SSSR count). The van der Waals surface area contributed by atoms with Gasteiger partial charge in [0.2, 0.25) is 0 Å². The van der Waals surface area contributed by atoms with Crippen molar-refractivity contribution in [2.24, 2.45) is 0 Å². The minimum absolute atomic E-state index is 0.582. The van der Waals surface area contributed by atoms with Crippen LogP contribution in [0.1, 0.15) is 25.5 Å². The minimum atomic E-state index is -0.602. The van der Waals surface area contributed by atoms with Crippen molar-refractivity contribution in [2.45, 2.75) is 20.0 Å². The van der Waals surface area contributed by atoms with Crippen molar-refractivity contribution in [3.05, 3.63) is 59.1 Å². The topological polar surface area (TPSA) is 45.6 Å². The van der Waals surface area contributed by atoms with Crippen molar-refractivity contribution >= 4 is 22.5 Å². The van der Waals surface area contributed by atoms with Crippen LogP contribution in [0, 0.1) is 0 Å². The third kappa shape index (κ3) is 4.41. The molecule has 0 aliphatic rings. The Hall–Kier alpha value is -2.14. The summed E-state index contributed by atoms with van der Waals surface area (Å²) in [4.78, 5) is 7.01. The van der Waals surface area contributed by atoms with E-state index in [1.54, 1.807) is 7.11 Å². The van der Waals surface area contributed by atoms with Crippen LogP contribution in [0.2, 0.25) is 5.02 Å². The summed E-state index contributed by atoms with van der Waals surface area (Å²) in [6.45, 7) is 6.58. The highest BCUT2D eigenvalue weighted by Crippen LogP contribution is 2.31. The highest BCUT2D eigenvalue weighted by molar-refractivity contribution is 6.30. The molecule has 1 atom stereocenters. The number of aliphatic hydroxyl groups excluding tert-OH is 1. The van der Waals surface area contributed by atoms with Crippen LogP contribution in [0.3, 0.4) is 0 Å². The lowest BCUT2D eigenvalue weighted by molar-refractivity contribution is 0.120. The quantitative estimate of drug-likeness (QED) is 0.626. The molecule has 1 N–H and O–H groups in total. The molecule has 142 valence electrons. The van der Waals surface area contributed by atoms with Crippen LogP contribution in [-0.2, 0) is 0 Å². The zero-order valence-electron chi connectivity index (χ0n) is 15.9. The van der Waals surface area contributed by atoms with Gasteiger partial charge >= 0.3 is 0 Å². The van der Waals surface area contributed by atoms with Crippen LogP contribution in [-0.4, -0.2) is 41.7 Å². The number of rotatable bonds is 7. The molecule has 5 heteroatoms. The second-order valence-corrected chi connectivity index (χ2v) is 6.92. The van der Waals surface area contributed by atoms with E-state index in [4.69, 9.17) is 21.3 Å².